The number of ketones is 1. The molecule has 2 aliphatic heterocycles. The third kappa shape index (κ3) is 9.14. The van der Waals surface area contributed by atoms with E-state index in [1.165, 1.54) is 0 Å². The van der Waals surface area contributed by atoms with E-state index in [9.17, 15) is 24.3 Å². The molecule has 2 saturated carbocycles. The lowest BCUT2D eigenvalue weighted by atomic mass is 9.73. The number of unbranched alkanes of at least 4 members (excludes halogenated alkanes) is 2. The van der Waals surface area contributed by atoms with Crippen molar-refractivity contribution in [2.24, 2.45) is 34.1 Å². The van der Waals surface area contributed by atoms with Crippen molar-refractivity contribution in [1.82, 2.24) is 15.5 Å². The number of hydrogen-bond acceptors (Lipinski definition) is 8. The van der Waals surface area contributed by atoms with Gasteiger partial charge in [-0.15, -0.1) is 0 Å². The number of rotatable bonds is 14. The van der Waals surface area contributed by atoms with Gasteiger partial charge in [0.15, 0.2) is 0 Å². The van der Waals surface area contributed by atoms with E-state index in [0.29, 0.717) is 61.3 Å². The number of carbonyl (C=O) groups is 5. The molecule has 0 radical (unpaired) electrons. The average molecular weight is 933 g/mol. The Labute approximate surface area is 406 Å². The van der Waals surface area contributed by atoms with Gasteiger partial charge >= 0.3 is 0 Å². The van der Waals surface area contributed by atoms with Crippen LogP contribution in [0.5, 0.6) is 0 Å². The highest BCUT2D eigenvalue weighted by Crippen LogP contribution is 2.54. The summed E-state index contributed by atoms with van der Waals surface area (Å²) in [6.07, 6.45) is 13.2. The van der Waals surface area contributed by atoms with E-state index in [0.717, 1.165) is 73.9 Å². The summed E-state index contributed by atoms with van der Waals surface area (Å²) in [6.45, 7) is 26.9. The van der Waals surface area contributed by atoms with Crippen molar-refractivity contribution in [2.45, 2.75) is 190 Å². The molecule has 12 nitrogen and oxygen atoms in total. The minimum atomic E-state index is -0.607. The summed E-state index contributed by atoms with van der Waals surface area (Å²) in [6, 6.07) is 4.35. The largest absolute Gasteiger partial charge is 0.506 e. The molecule has 6 unspecified atom stereocenters. The molecule has 6 atom stereocenters. The second-order valence-electron chi connectivity index (χ2n) is 22.2. The summed E-state index contributed by atoms with van der Waals surface area (Å²) in [4.78, 5) is 80.8. The molecule has 1 saturated heterocycles. The summed E-state index contributed by atoms with van der Waals surface area (Å²) in [5, 5.41) is 21.8. The first-order chi connectivity index (χ1) is 32.2. The Hall–Kier alpha value is -5.00. The van der Waals surface area contributed by atoms with Crippen LogP contribution in [0.4, 0.5) is 11.4 Å². The van der Waals surface area contributed by atoms with Crippen LogP contribution in [0.15, 0.2) is 57.5 Å². The second kappa shape index (κ2) is 20.2. The zero-order valence-electron chi connectivity index (χ0n) is 43.2. The molecule has 4 N–H and O–H groups in total. The minimum Gasteiger partial charge on any atom is -0.506 e. The van der Waals surface area contributed by atoms with Crippen LogP contribution < -0.4 is 20.9 Å². The Kier molecular flexibility index (Phi) is 15.1. The Balaban J connectivity index is 1.36. The first-order valence-corrected chi connectivity index (χ1v) is 26.1. The van der Waals surface area contributed by atoms with Crippen LogP contribution in [0, 0.1) is 29.1 Å². The number of nitrogens with zero attached hydrogens (tertiary/aromatic N) is 3. The van der Waals surface area contributed by atoms with Gasteiger partial charge < -0.3 is 30.9 Å². The van der Waals surface area contributed by atoms with Crippen molar-refractivity contribution in [3.8, 4) is 0 Å². The molecule has 0 aromatic heterocycles. The van der Waals surface area contributed by atoms with Crippen molar-refractivity contribution < 1.29 is 29.1 Å². The van der Waals surface area contributed by atoms with Crippen LogP contribution in [0.25, 0.3) is 5.57 Å². The van der Waals surface area contributed by atoms with E-state index in [1.807, 2.05) is 24.3 Å². The predicted molar refractivity (Wildman–Crippen MR) is 272 cm³/mol. The number of Topliss-reactive ketones (excluding diaryl/α,β-unsaturated/α-hetero) is 1. The number of anilines is 2. The number of benzene rings is 1. The number of fused-ring (bicyclic) bond motifs is 2. The monoisotopic (exact) mass is 933 g/mol. The molecule has 4 amide bonds. The first-order valence-electron chi connectivity index (χ1n) is 26.1. The highest BCUT2D eigenvalue weighted by molar-refractivity contribution is 6.42. The minimum absolute atomic E-state index is 0.0728. The Bertz CT molecular complexity index is 2360. The van der Waals surface area contributed by atoms with Gasteiger partial charge in [0.05, 0.1) is 28.5 Å². The predicted octanol–water partition coefficient (Wildman–Crippen LogP) is 10.0. The van der Waals surface area contributed by atoms with E-state index < -0.39 is 35.4 Å². The number of likely N-dealkylation sites (tertiary alicyclic amines) is 1. The second-order valence-corrected chi connectivity index (χ2v) is 22.2. The Morgan fingerprint density at radius 2 is 1.24 bits per heavy atom. The maximum Gasteiger partial charge on any atom is 0.250 e. The van der Waals surface area contributed by atoms with E-state index in [2.05, 4.69) is 109 Å². The molecule has 3 fully saturated rings. The van der Waals surface area contributed by atoms with Gasteiger partial charge in [-0.2, -0.15) is 0 Å². The third-order valence-corrected chi connectivity index (χ3v) is 16.7. The molecule has 12 heteroatoms. The number of amides is 4. The molecule has 7 rings (SSSR count). The van der Waals surface area contributed by atoms with E-state index in [-0.39, 0.29) is 69.6 Å². The van der Waals surface area contributed by atoms with Gasteiger partial charge in [-0.25, -0.2) is 4.99 Å². The van der Waals surface area contributed by atoms with Crippen LogP contribution >= 0.6 is 0 Å². The number of aliphatic hydroxyl groups excluding tert-OH is 1. The van der Waals surface area contributed by atoms with Crippen LogP contribution in [0.2, 0.25) is 0 Å². The van der Waals surface area contributed by atoms with E-state index in [1.54, 1.807) is 0 Å². The maximum absolute atomic E-state index is 15.2. The van der Waals surface area contributed by atoms with Crippen molar-refractivity contribution in [1.29, 1.82) is 0 Å². The summed E-state index contributed by atoms with van der Waals surface area (Å²) in [5.74, 6) is -3.64. The Morgan fingerprint density at radius 3 is 1.76 bits per heavy atom. The lowest BCUT2D eigenvalue weighted by molar-refractivity contribution is -0.134. The van der Waals surface area contributed by atoms with Gasteiger partial charge in [0.1, 0.15) is 5.76 Å². The summed E-state index contributed by atoms with van der Waals surface area (Å²) >= 11 is 0. The molecule has 1 aromatic carbocycles. The standard InChI is InChI=1S/C56H80N6O6/c1-13-15-25-57-51(65)35-21-17-19-23-37(35)53(67)59-43-29-45-41(55(9,10)33(7)61(45)31(3)4)27-39(43)47-49(63)48(50(47)64)40-28-42-46(62(32(5)6)34(8)56(42,11)12)30-44(40)60-54(68)38-24-20-18-22-36(38)52(66)58-26-16-14-2/h27-38,63H,13-26H2,1-12H3,(H,57,65)(H,58,66)(H,59,67). The smallest absolute Gasteiger partial charge is 0.250 e. The van der Waals surface area contributed by atoms with Gasteiger partial charge in [-0.1, -0.05) is 80.1 Å². The molecule has 68 heavy (non-hydrogen) atoms. The van der Waals surface area contributed by atoms with Crippen LogP contribution in [-0.2, 0) is 29.4 Å². The van der Waals surface area contributed by atoms with Crippen molar-refractivity contribution in [3.63, 3.8) is 0 Å². The van der Waals surface area contributed by atoms with Crippen molar-refractivity contribution >= 4 is 52.1 Å². The average Bonchev–Trinajstić information content (AvgIpc) is 3.62. The number of aliphatic imine (C=N–C) groups is 1. The molecule has 6 aliphatic rings. The quantitative estimate of drug-likeness (QED) is 0.106. The number of allylic oxidation sites excluding steroid dienone is 6. The van der Waals surface area contributed by atoms with Crippen molar-refractivity contribution in [2.75, 3.05) is 23.3 Å². The fourth-order valence-electron chi connectivity index (χ4n) is 12.1. The van der Waals surface area contributed by atoms with Crippen LogP contribution in [0.3, 0.4) is 0 Å². The third-order valence-electron chi connectivity index (χ3n) is 16.7. The van der Waals surface area contributed by atoms with Gasteiger partial charge in [-0.3, -0.25) is 24.0 Å². The first kappa shape index (κ1) is 50.9. The normalized spacial score (nSPS) is 28.0. The highest BCUT2D eigenvalue weighted by atomic mass is 16.3. The molecule has 4 aliphatic carbocycles. The Morgan fingerprint density at radius 1 is 0.721 bits per heavy atom. The molecule has 1 aromatic rings. The van der Waals surface area contributed by atoms with E-state index >= 15 is 4.79 Å². The van der Waals surface area contributed by atoms with Gasteiger partial charge in [0.2, 0.25) is 29.4 Å². The van der Waals surface area contributed by atoms with Crippen LogP contribution in [0.1, 0.15) is 171 Å². The highest BCUT2D eigenvalue weighted by Gasteiger charge is 2.50. The zero-order chi connectivity index (χ0) is 49.6. The fourth-order valence-corrected chi connectivity index (χ4v) is 12.1. The zero-order valence-corrected chi connectivity index (χ0v) is 43.2. The number of hydrogen-bond donors (Lipinski definition) is 4. The lowest BCUT2D eigenvalue weighted by Crippen LogP contribution is -2.42. The summed E-state index contributed by atoms with van der Waals surface area (Å²) in [7, 11) is 0. The van der Waals surface area contributed by atoms with Gasteiger partial charge in [-0.05, 0) is 115 Å². The summed E-state index contributed by atoms with van der Waals surface area (Å²) in [5.41, 5.74) is 4.82. The molecular formula is C56H80N6O6. The molecule has 0 spiro atoms. The molecular weight excluding hydrogens is 853 g/mol. The lowest BCUT2D eigenvalue weighted by Gasteiger charge is -2.34. The number of carbonyl (C=O) groups excluding carboxylic acids is 5. The topological polar surface area (TPSA) is 161 Å². The maximum atomic E-state index is 15.2. The van der Waals surface area contributed by atoms with Crippen LogP contribution in [-0.4, -0.2) is 82.4 Å². The molecule has 370 valence electrons. The molecule has 2 heterocycles. The SMILES string of the molecule is CCCCNC(=O)C1CCCCC1C(=O)N=C1C=C2C(=CC1=C1C(=O)C(c3cc4c(cc3NC(=O)C3CCCCC3C(=O)NCCCC)N(C(C)C)C(C)C4(C)C)=C1O)C(C)(C)C(C)N2C(C)C. The number of nitrogens with one attached hydrogen (secondary N) is 3. The van der Waals surface area contributed by atoms with Crippen molar-refractivity contribution in [3.05, 3.63) is 63.6 Å². The van der Waals surface area contributed by atoms with Gasteiger partial charge in [0.25, 0.3) is 0 Å². The van der Waals surface area contributed by atoms with Gasteiger partial charge in [0, 0.05) is 88.4 Å². The fraction of sp³-hybridized carbons (Fsp3) is 0.643. The number of aliphatic hydroxyl groups is 1. The molecule has 0 bridgehead atoms. The van der Waals surface area contributed by atoms with E-state index in [4.69, 9.17) is 4.99 Å². The summed E-state index contributed by atoms with van der Waals surface area (Å²) < 4.78 is 0.